The molecule has 0 fully saturated rings. The van der Waals surface area contributed by atoms with Crippen LogP contribution in [-0.4, -0.2) is 5.91 Å². The van der Waals surface area contributed by atoms with E-state index in [-0.39, 0.29) is 5.91 Å². The summed E-state index contributed by atoms with van der Waals surface area (Å²) in [5.41, 5.74) is 1.87. The second kappa shape index (κ2) is 5.93. The highest BCUT2D eigenvalue weighted by Gasteiger charge is 2.18. The molecule has 0 saturated carbocycles. The Morgan fingerprint density at radius 1 is 0.958 bits per heavy atom. The molecule has 0 atom stereocenters. The number of hydrogen-bond acceptors (Lipinski definition) is 2. The van der Waals surface area contributed by atoms with Crippen molar-refractivity contribution >= 4 is 55.4 Å². The highest BCUT2D eigenvalue weighted by Crippen LogP contribution is 2.36. The van der Waals surface area contributed by atoms with Crippen LogP contribution in [0.25, 0.3) is 20.9 Å². The minimum atomic E-state index is -0.166. The number of benzene rings is 3. The number of aryl methyl sites for hydroxylation is 1. The van der Waals surface area contributed by atoms with Crippen LogP contribution in [0, 0.1) is 6.92 Å². The van der Waals surface area contributed by atoms with Gasteiger partial charge in [0.15, 0.2) is 0 Å². The molecule has 4 aromatic rings. The van der Waals surface area contributed by atoms with Gasteiger partial charge in [-0.1, -0.05) is 66.2 Å². The number of carbonyl (C=O) groups is 1. The number of nitrogens with one attached hydrogen (secondary N) is 1. The maximum Gasteiger partial charge on any atom is 0.267 e. The van der Waals surface area contributed by atoms with E-state index in [2.05, 4.69) is 11.4 Å². The maximum absolute atomic E-state index is 12.8. The van der Waals surface area contributed by atoms with Gasteiger partial charge in [-0.05, 0) is 23.9 Å². The molecule has 4 rings (SSSR count). The fourth-order valence-corrected chi connectivity index (χ4v) is 4.29. The predicted molar refractivity (Wildman–Crippen MR) is 103 cm³/mol. The molecule has 4 heteroatoms. The lowest BCUT2D eigenvalue weighted by Gasteiger charge is -2.11. The molecule has 0 bridgehead atoms. The van der Waals surface area contributed by atoms with Crippen LogP contribution < -0.4 is 5.32 Å². The van der Waals surface area contributed by atoms with Crippen molar-refractivity contribution in [2.24, 2.45) is 0 Å². The minimum Gasteiger partial charge on any atom is -0.320 e. The minimum absolute atomic E-state index is 0.166. The van der Waals surface area contributed by atoms with Gasteiger partial charge in [-0.3, -0.25) is 4.79 Å². The quantitative estimate of drug-likeness (QED) is 0.453. The molecule has 0 aliphatic heterocycles. The SMILES string of the molecule is Cc1ccc2ccccc2c1NC(=O)c1sc2ccccc2c1Cl. The topological polar surface area (TPSA) is 29.1 Å². The van der Waals surface area contributed by atoms with E-state index in [0.29, 0.717) is 9.90 Å². The third-order valence-electron chi connectivity index (χ3n) is 4.12. The monoisotopic (exact) mass is 351 g/mol. The van der Waals surface area contributed by atoms with Gasteiger partial charge in [0, 0.05) is 15.5 Å². The molecular weight excluding hydrogens is 338 g/mol. The van der Waals surface area contributed by atoms with E-state index >= 15 is 0 Å². The molecular formula is C20H14ClNOS. The number of fused-ring (bicyclic) bond motifs is 2. The number of halogens is 1. The first kappa shape index (κ1) is 15.2. The Labute approximate surface area is 148 Å². The Morgan fingerprint density at radius 3 is 2.46 bits per heavy atom. The van der Waals surface area contributed by atoms with Crippen molar-refractivity contribution < 1.29 is 4.79 Å². The molecule has 0 aliphatic rings. The van der Waals surface area contributed by atoms with Gasteiger partial charge in [0.25, 0.3) is 5.91 Å². The van der Waals surface area contributed by atoms with E-state index in [1.54, 1.807) is 0 Å². The highest BCUT2D eigenvalue weighted by molar-refractivity contribution is 7.21. The van der Waals surface area contributed by atoms with E-state index < -0.39 is 0 Å². The second-order valence-corrected chi connectivity index (χ2v) is 7.10. The van der Waals surface area contributed by atoms with Crippen molar-refractivity contribution in [1.82, 2.24) is 0 Å². The Kier molecular flexibility index (Phi) is 3.75. The number of thiophene rings is 1. The average molecular weight is 352 g/mol. The van der Waals surface area contributed by atoms with Crippen molar-refractivity contribution in [3.8, 4) is 0 Å². The Bertz CT molecular complexity index is 1080. The molecule has 2 nitrogen and oxygen atoms in total. The number of rotatable bonds is 2. The second-order valence-electron chi connectivity index (χ2n) is 5.67. The molecule has 1 aromatic heterocycles. The zero-order valence-electron chi connectivity index (χ0n) is 13.0. The third kappa shape index (κ3) is 2.46. The summed E-state index contributed by atoms with van der Waals surface area (Å²) in [6, 6.07) is 19.9. The van der Waals surface area contributed by atoms with E-state index in [1.165, 1.54) is 11.3 Å². The maximum atomic E-state index is 12.8. The molecule has 0 aliphatic carbocycles. The van der Waals surface area contributed by atoms with Gasteiger partial charge in [0.05, 0.1) is 10.7 Å². The molecule has 0 saturated heterocycles. The summed E-state index contributed by atoms with van der Waals surface area (Å²) in [7, 11) is 0. The molecule has 3 aromatic carbocycles. The van der Waals surface area contributed by atoms with Gasteiger partial charge in [-0.25, -0.2) is 0 Å². The standard InChI is InChI=1S/C20H14ClNOS/c1-12-10-11-13-6-2-3-7-14(13)18(12)22-20(23)19-17(21)15-8-4-5-9-16(15)24-19/h2-11H,1H3,(H,22,23). The summed E-state index contributed by atoms with van der Waals surface area (Å²) in [6.45, 7) is 1.99. The summed E-state index contributed by atoms with van der Waals surface area (Å²) in [4.78, 5) is 13.4. The summed E-state index contributed by atoms with van der Waals surface area (Å²) in [6.07, 6.45) is 0. The Morgan fingerprint density at radius 2 is 1.67 bits per heavy atom. The van der Waals surface area contributed by atoms with Gasteiger partial charge in [0.2, 0.25) is 0 Å². The first-order chi connectivity index (χ1) is 11.6. The predicted octanol–water partition coefficient (Wildman–Crippen LogP) is 6.27. The Hall–Kier alpha value is -2.36. The van der Waals surface area contributed by atoms with Crippen LogP contribution in [0.2, 0.25) is 5.02 Å². The van der Waals surface area contributed by atoms with E-state index in [0.717, 1.165) is 32.1 Å². The first-order valence-corrected chi connectivity index (χ1v) is 8.81. The first-order valence-electron chi connectivity index (χ1n) is 7.62. The van der Waals surface area contributed by atoms with E-state index in [9.17, 15) is 4.79 Å². The zero-order valence-corrected chi connectivity index (χ0v) is 14.5. The van der Waals surface area contributed by atoms with Crippen LogP contribution in [-0.2, 0) is 0 Å². The molecule has 0 spiro atoms. The molecule has 1 amide bonds. The number of hydrogen-bond donors (Lipinski definition) is 1. The molecule has 1 heterocycles. The largest absolute Gasteiger partial charge is 0.320 e. The van der Waals surface area contributed by atoms with E-state index in [4.69, 9.17) is 11.6 Å². The fraction of sp³-hybridized carbons (Fsp3) is 0.0500. The number of carbonyl (C=O) groups excluding carboxylic acids is 1. The van der Waals surface area contributed by atoms with Crippen molar-refractivity contribution in [3.05, 3.63) is 76.1 Å². The van der Waals surface area contributed by atoms with Gasteiger partial charge >= 0.3 is 0 Å². The van der Waals surface area contributed by atoms with Crippen molar-refractivity contribution in [2.75, 3.05) is 5.32 Å². The van der Waals surface area contributed by atoms with Crippen molar-refractivity contribution in [1.29, 1.82) is 0 Å². The fourth-order valence-electron chi connectivity index (χ4n) is 2.88. The summed E-state index contributed by atoms with van der Waals surface area (Å²) < 4.78 is 1.02. The van der Waals surface area contributed by atoms with Crippen LogP contribution in [0.3, 0.4) is 0 Å². The van der Waals surface area contributed by atoms with Crippen LogP contribution in [0.4, 0.5) is 5.69 Å². The lowest BCUT2D eigenvalue weighted by atomic mass is 10.0. The molecule has 0 unspecified atom stereocenters. The summed E-state index contributed by atoms with van der Waals surface area (Å²) in [5.74, 6) is -0.166. The highest BCUT2D eigenvalue weighted by atomic mass is 35.5. The van der Waals surface area contributed by atoms with Crippen LogP contribution in [0.1, 0.15) is 15.2 Å². The molecule has 1 N–H and O–H groups in total. The summed E-state index contributed by atoms with van der Waals surface area (Å²) in [5, 5.41) is 6.63. The smallest absolute Gasteiger partial charge is 0.267 e. The third-order valence-corrected chi connectivity index (χ3v) is 5.79. The van der Waals surface area contributed by atoms with E-state index in [1.807, 2.05) is 61.5 Å². The molecule has 0 radical (unpaired) electrons. The van der Waals surface area contributed by atoms with Gasteiger partial charge in [-0.2, -0.15) is 0 Å². The lowest BCUT2D eigenvalue weighted by molar-refractivity contribution is 0.103. The lowest BCUT2D eigenvalue weighted by Crippen LogP contribution is -2.12. The zero-order chi connectivity index (χ0) is 16.7. The molecule has 118 valence electrons. The summed E-state index contributed by atoms with van der Waals surface area (Å²) >= 11 is 7.84. The van der Waals surface area contributed by atoms with Crippen LogP contribution in [0.15, 0.2) is 60.7 Å². The van der Waals surface area contributed by atoms with Gasteiger partial charge in [-0.15, -0.1) is 11.3 Å². The number of amides is 1. The van der Waals surface area contributed by atoms with Gasteiger partial charge < -0.3 is 5.32 Å². The number of anilines is 1. The van der Waals surface area contributed by atoms with Crippen LogP contribution >= 0.6 is 22.9 Å². The van der Waals surface area contributed by atoms with Gasteiger partial charge in [0.1, 0.15) is 4.88 Å². The van der Waals surface area contributed by atoms with Crippen LogP contribution in [0.5, 0.6) is 0 Å². The molecule has 24 heavy (non-hydrogen) atoms. The van der Waals surface area contributed by atoms with Crippen molar-refractivity contribution in [2.45, 2.75) is 6.92 Å². The Balaban J connectivity index is 1.79. The van der Waals surface area contributed by atoms with Crippen molar-refractivity contribution in [3.63, 3.8) is 0 Å². The average Bonchev–Trinajstić information content (AvgIpc) is 2.95. The normalized spacial score (nSPS) is 11.1.